The molecule has 0 radical (unpaired) electrons. The highest BCUT2D eigenvalue weighted by Gasteiger charge is 2.37. The first kappa shape index (κ1) is 24.0. The van der Waals surface area contributed by atoms with Crippen molar-refractivity contribution in [1.82, 2.24) is 5.32 Å². The Kier molecular flexibility index (Phi) is 7.75. The average Bonchev–Trinajstić information content (AvgIpc) is 2.70. The third-order valence-electron chi connectivity index (χ3n) is 6.37. The number of nitrogens with one attached hydrogen (secondary N) is 1. The number of nitrogens with two attached hydrogens (primary N) is 1. The standard InChI is InChI=1S/C24H32N2O3.ClH/c1-24(2,3)18-11-9-15(10-12-18)21(23(28)29-4)26-22(27)19-13-16-7-5-6-8-17(16)14-20(19)25;/h5-8,13-15,18,21H,9-12,25H2,1-4H3,(H,26,27);1H/t15?,18?,21-;/m0./s1. The molecule has 5 nitrogen and oxygen atoms in total. The molecule has 0 unspecified atom stereocenters. The van der Waals surface area contributed by atoms with Gasteiger partial charge in [-0.3, -0.25) is 4.79 Å². The van der Waals surface area contributed by atoms with Gasteiger partial charge in [-0.05, 0) is 65.8 Å². The number of amides is 1. The zero-order chi connectivity index (χ0) is 21.2. The number of anilines is 1. The minimum absolute atomic E-state index is 0. The summed E-state index contributed by atoms with van der Waals surface area (Å²) in [6.07, 6.45) is 3.90. The minimum atomic E-state index is -0.653. The fourth-order valence-electron chi connectivity index (χ4n) is 4.49. The van der Waals surface area contributed by atoms with Crippen molar-refractivity contribution in [2.45, 2.75) is 52.5 Å². The predicted octanol–water partition coefficient (Wildman–Crippen LogP) is 4.97. The van der Waals surface area contributed by atoms with E-state index >= 15 is 0 Å². The molecule has 1 aliphatic rings. The number of methoxy groups -OCH3 is 1. The lowest BCUT2D eigenvalue weighted by atomic mass is 9.68. The fourth-order valence-corrected chi connectivity index (χ4v) is 4.49. The third kappa shape index (κ3) is 5.25. The molecule has 1 saturated carbocycles. The second kappa shape index (κ2) is 9.69. The first-order valence-corrected chi connectivity index (χ1v) is 10.4. The number of nitrogen functional groups attached to an aromatic ring is 1. The van der Waals surface area contributed by atoms with Crippen LogP contribution >= 0.6 is 12.4 Å². The lowest BCUT2D eigenvalue weighted by molar-refractivity contribution is -0.144. The smallest absolute Gasteiger partial charge is 0.328 e. The van der Waals surface area contributed by atoms with Gasteiger partial charge < -0.3 is 15.8 Å². The van der Waals surface area contributed by atoms with E-state index in [1.165, 1.54) is 7.11 Å². The van der Waals surface area contributed by atoms with Crippen molar-refractivity contribution in [1.29, 1.82) is 0 Å². The number of benzene rings is 2. The molecule has 164 valence electrons. The zero-order valence-electron chi connectivity index (χ0n) is 18.2. The Morgan fingerprint density at radius 2 is 1.63 bits per heavy atom. The molecule has 0 spiro atoms. The maximum absolute atomic E-state index is 13.0. The Labute approximate surface area is 185 Å². The third-order valence-corrected chi connectivity index (χ3v) is 6.37. The molecule has 2 aromatic rings. The molecule has 2 aromatic carbocycles. The van der Waals surface area contributed by atoms with Crippen molar-refractivity contribution in [3.63, 3.8) is 0 Å². The zero-order valence-corrected chi connectivity index (χ0v) is 19.1. The van der Waals surface area contributed by atoms with E-state index in [9.17, 15) is 9.59 Å². The summed E-state index contributed by atoms with van der Waals surface area (Å²) in [5.41, 5.74) is 7.19. The van der Waals surface area contributed by atoms with Gasteiger partial charge >= 0.3 is 5.97 Å². The molecule has 0 bridgehead atoms. The molecule has 1 atom stereocenters. The van der Waals surface area contributed by atoms with E-state index in [2.05, 4.69) is 26.1 Å². The topological polar surface area (TPSA) is 81.4 Å². The van der Waals surface area contributed by atoms with Crippen LogP contribution in [0.1, 0.15) is 56.8 Å². The van der Waals surface area contributed by atoms with Gasteiger partial charge in [0.1, 0.15) is 6.04 Å². The molecule has 1 amide bonds. The van der Waals surface area contributed by atoms with Crippen LogP contribution in [0.4, 0.5) is 5.69 Å². The molecule has 1 fully saturated rings. The van der Waals surface area contributed by atoms with Crippen LogP contribution in [-0.2, 0) is 9.53 Å². The molecule has 1 aliphatic carbocycles. The molecule has 0 saturated heterocycles. The SMILES string of the molecule is COC(=O)[C@@H](NC(=O)c1cc2ccccc2cc1N)C1CCC(C(C)(C)C)CC1.Cl. The summed E-state index contributed by atoms with van der Waals surface area (Å²) in [6, 6.07) is 10.7. The fraction of sp³-hybridized carbons (Fsp3) is 0.500. The quantitative estimate of drug-likeness (QED) is 0.528. The highest BCUT2D eigenvalue weighted by molar-refractivity contribution is 6.05. The summed E-state index contributed by atoms with van der Waals surface area (Å²) >= 11 is 0. The van der Waals surface area contributed by atoms with Crippen molar-refractivity contribution in [3.05, 3.63) is 42.0 Å². The van der Waals surface area contributed by atoms with Crippen molar-refractivity contribution in [3.8, 4) is 0 Å². The molecular weight excluding hydrogens is 400 g/mol. The Hall–Kier alpha value is -2.27. The van der Waals surface area contributed by atoms with E-state index < -0.39 is 12.0 Å². The van der Waals surface area contributed by atoms with Crippen LogP contribution in [0, 0.1) is 17.3 Å². The van der Waals surface area contributed by atoms with Gasteiger partial charge in [-0.25, -0.2) is 4.79 Å². The highest BCUT2D eigenvalue weighted by Crippen LogP contribution is 2.41. The van der Waals surface area contributed by atoms with Gasteiger partial charge in [-0.2, -0.15) is 0 Å². The Bertz CT molecular complexity index is 899. The van der Waals surface area contributed by atoms with E-state index in [1.54, 1.807) is 12.1 Å². The molecule has 3 N–H and O–H groups in total. The number of fused-ring (bicyclic) bond motifs is 1. The average molecular weight is 433 g/mol. The first-order chi connectivity index (χ1) is 13.7. The van der Waals surface area contributed by atoms with E-state index in [-0.39, 0.29) is 29.6 Å². The highest BCUT2D eigenvalue weighted by atomic mass is 35.5. The van der Waals surface area contributed by atoms with Crippen LogP contribution in [0.5, 0.6) is 0 Å². The summed E-state index contributed by atoms with van der Waals surface area (Å²) in [4.78, 5) is 25.5. The van der Waals surface area contributed by atoms with Crippen molar-refractivity contribution in [2.75, 3.05) is 12.8 Å². The monoisotopic (exact) mass is 432 g/mol. The molecule has 3 rings (SSSR count). The number of halogens is 1. The summed E-state index contributed by atoms with van der Waals surface area (Å²) in [5.74, 6) is -0.0194. The van der Waals surface area contributed by atoms with Crippen LogP contribution in [0.25, 0.3) is 10.8 Å². The van der Waals surface area contributed by atoms with Crippen molar-refractivity contribution >= 4 is 40.7 Å². The number of carbonyl (C=O) groups excluding carboxylic acids is 2. The molecule has 6 heteroatoms. The Morgan fingerprint density at radius 1 is 1.07 bits per heavy atom. The Balaban J connectivity index is 0.00000320. The van der Waals surface area contributed by atoms with Gasteiger partial charge in [-0.15, -0.1) is 12.4 Å². The maximum Gasteiger partial charge on any atom is 0.328 e. The van der Waals surface area contributed by atoms with Gasteiger partial charge in [-0.1, -0.05) is 45.0 Å². The molecule has 0 aliphatic heterocycles. The van der Waals surface area contributed by atoms with Gasteiger partial charge in [0.05, 0.1) is 12.7 Å². The van der Waals surface area contributed by atoms with Crippen molar-refractivity contribution in [2.24, 2.45) is 17.3 Å². The van der Waals surface area contributed by atoms with Crippen LogP contribution < -0.4 is 11.1 Å². The number of rotatable bonds is 4. The van der Waals surface area contributed by atoms with Crippen LogP contribution in [0.15, 0.2) is 36.4 Å². The van der Waals surface area contributed by atoms with E-state index in [1.807, 2.05) is 24.3 Å². The van der Waals surface area contributed by atoms with Gasteiger partial charge in [0.15, 0.2) is 0 Å². The second-order valence-electron chi connectivity index (χ2n) is 9.24. The van der Waals surface area contributed by atoms with Crippen LogP contribution in [0.2, 0.25) is 0 Å². The summed E-state index contributed by atoms with van der Waals surface area (Å²) in [6.45, 7) is 6.79. The largest absolute Gasteiger partial charge is 0.467 e. The molecule has 0 aromatic heterocycles. The summed E-state index contributed by atoms with van der Waals surface area (Å²) < 4.78 is 5.01. The molecular formula is C24H33ClN2O3. The second-order valence-corrected chi connectivity index (χ2v) is 9.24. The van der Waals surface area contributed by atoms with Crippen LogP contribution in [0.3, 0.4) is 0 Å². The predicted molar refractivity (Wildman–Crippen MR) is 124 cm³/mol. The van der Waals surface area contributed by atoms with Gasteiger partial charge in [0.25, 0.3) is 5.91 Å². The number of hydrogen-bond acceptors (Lipinski definition) is 4. The van der Waals surface area contributed by atoms with E-state index in [4.69, 9.17) is 10.5 Å². The number of esters is 1. The van der Waals surface area contributed by atoms with E-state index in [0.29, 0.717) is 17.2 Å². The minimum Gasteiger partial charge on any atom is -0.467 e. The number of ether oxygens (including phenoxy) is 1. The summed E-state index contributed by atoms with van der Waals surface area (Å²) in [5, 5.41) is 4.83. The number of carbonyl (C=O) groups is 2. The lowest BCUT2D eigenvalue weighted by Gasteiger charge is -2.38. The molecule has 0 heterocycles. The molecule has 30 heavy (non-hydrogen) atoms. The normalized spacial score (nSPS) is 20.1. The number of hydrogen-bond donors (Lipinski definition) is 2. The maximum atomic E-state index is 13.0. The van der Waals surface area contributed by atoms with Gasteiger partial charge in [0, 0.05) is 5.69 Å². The van der Waals surface area contributed by atoms with Crippen molar-refractivity contribution < 1.29 is 14.3 Å². The van der Waals surface area contributed by atoms with Gasteiger partial charge in [0.2, 0.25) is 0 Å². The summed E-state index contributed by atoms with van der Waals surface area (Å²) in [7, 11) is 1.37. The lowest BCUT2D eigenvalue weighted by Crippen LogP contribution is -2.48. The van der Waals surface area contributed by atoms with E-state index in [0.717, 1.165) is 36.5 Å². The Morgan fingerprint density at radius 3 is 2.17 bits per heavy atom. The van der Waals surface area contributed by atoms with Crippen LogP contribution in [-0.4, -0.2) is 25.0 Å². The first-order valence-electron chi connectivity index (χ1n) is 10.4.